The van der Waals surface area contributed by atoms with Crippen LogP contribution < -0.4 is 4.74 Å². The minimum Gasteiger partial charge on any atom is -0.467 e. The number of thioether (sulfide) groups is 1. The van der Waals surface area contributed by atoms with Gasteiger partial charge < -0.3 is 9.47 Å². The number of carbonyl (C=O) groups excluding carboxylic acids is 2. The molecule has 0 saturated heterocycles. The molecule has 0 bridgehead atoms. The Labute approximate surface area is 166 Å². The lowest BCUT2D eigenvalue weighted by Gasteiger charge is -2.21. The van der Waals surface area contributed by atoms with E-state index in [0.29, 0.717) is 29.3 Å². The van der Waals surface area contributed by atoms with E-state index >= 15 is 0 Å². The Bertz CT molecular complexity index is 867. The van der Waals surface area contributed by atoms with E-state index in [9.17, 15) is 9.59 Å². The second-order valence-corrected chi connectivity index (χ2v) is 7.92. The highest BCUT2D eigenvalue weighted by atomic mass is 35.5. The largest absolute Gasteiger partial charge is 0.467 e. The van der Waals surface area contributed by atoms with Gasteiger partial charge in [-0.2, -0.15) is 11.8 Å². The predicted molar refractivity (Wildman–Crippen MR) is 104 cm³/mol. The second-order valence-electron chi connectivity index (χ2n) is 6.38. The van der Waals surface area contributed by atoms with Crippen molar-refractivity contribution in [3.63, 3.8) is 0 Å². The van der Waals surface area contributed by atoms with Crippen LogP contribution >= 0.6 is 23.4 Å². The number of carbonyl (C=O) groups is 2. The summed E-state index contributed by atoms with van der Waals surface area (Å²) >= 11 is 7.91. The molecule has 2 aliphatic rings. The molecule has 0 spiro atoms. The zero-order chi connectivity index (χ0) is 18.8. The molecule has 27 heavy (non-hydrogen) atoms. The Kier molecular flexibility index (Phi) is 5.38. The number of hydrogen-bond donors (Lipinski definition) is 0. The number of rotatable bonds is 6. The van der Waals surface area contributed by atoms with Gasteiger partial charge in [-0.15, -0.1) is 0 Å². The van der Waals surface area contributed by atoms with Crippen LogP contribution in [0.25, 0.3) is 0 Å². The van der Waals surface area contributed by atoms with E-state index in [1.165, 1.54) is 4.90 Å². The summed E-state index contributed by atoms with van der Waals surface area (Å²) in [6.45, 7) is 1.19. The lowest BCUT2D eigenvalue weighted by molar-refractivity contribution is -0.0168. The van der Waals surface area contributed by atoms with E-state index in [4.69, 9.17) is 21.1 Å². The molecule has 2 amide bonds. The Morgan fingerprint density at radius 3 is 2.59 bits per heavy atom. The Morgan fingerprint density at radius 1 is 1.11 bits per heavy atom. The fourth-order valence-electron chi connectivity index (χ4n) is 3.31. The molecule has 2 aromatic rings. The molecule has 4 rings (SSSR count). The molecule has 0 fully saturated rings. The van der Waals surface area contributed by atoms with E-state index in [1.807, 2.05) is 12.1 Å². The normalized spacial score (nSPS) is 15.5. The maximum Gasteiger partial charge on any atom is 0.261 e. The van der Waals surface area contributed by atoms with Gasteiger partial charge in [0.2, 0.25) is 0 Å². The van der Waals surface area contributed by atoms with Crippen molar-refractivity contribution in [3.05, 3.63) is 63.7 Å². The molecule has 0 aromatic heterocycles. The molecule has 0 unspecified atom stereocenters. The van der Waals surface area contributed by atoms with Gasteiger partial charge in [-0.1, -0.05) is 23.7 Å². The van der Waals surface area contributed by atoms with Gasteiger partial charge in [-0.25, -0.2) is 0 Å². The van der Waals surface area contributed by atoms with Crippen molar-refractivity contribution in [1.82, 2.24) is 4.90 Å². The Hall–Kier alpha value is -2.02. The Balaban J connectivity index is 1.30. The minimum atomic E-state index is -0.196. The predicted octanol–water partition coefficient (Wildman–Crippen LogP) is 4.13. The third-order valence-corrected chi connectivity index (χ3v) is 5.87. The number of hydrogen-bond acceptors (Lipinski definition) is 5. The molecule has 140 valence electrons. The van der Waals surface area contributed by atoms with Crippen LogP contribution in [0.5, 0.6) is 5.75 Å². The molecule has 5 nitrogen and oxygen atoms in total. The van der Waals surface area contributed by atoms with Crippen molar-refractivity contribution in [2.45, 2.75) is 18.8 Å². The van der Waals surface area contributed by atoms with E-state index in [-0.39, 0.29) is 18.6 Å². The van der Waals surface area contributed by atoms with Gasteiger partial charge in [0, 0.05) is 28.4 Å². The third-order valence-electron chi connectivity index (χ3n) is 4.56. The van der Waals surface area contributed by atoms with Crippen molar-refractivity contribution in [1.29, 1.82) is 0 Å². The standard InChI is InChI=1S/C20H18ClNO4S/c21-15-8-13-10-25-12-26-18(13)14(9-15)11-27-7-3-6-22-19(23)16-4-1-2-5-17(16)20(22)24/h1-2,4-5,8-9H,3,6-7,10-12H2. The first-order valence-corrected chi connectivity index (χ1v) is 10.2. The minimum absolute atomic E-state index is 0.196. The number of imide groups is 1. The highest BCUT2D eigenvalue weighted by Gasteiger charge is 2.34. The SMILES string of the molecule is O=C1c2ccccc2C(=O)N1CCCSCc1cc(Cl)cc2c1OCOC2. The lowest BCUT2D eigenvalue weighted by atomic mass is 10.1. The van der Waals surface area contributed by atoms with E-state index in [0.717, 1.165) is 34.8 Å². The molecule has 2 heterocycles. The number of halogens is 1. The number of benzene rings is 2. The highest BCUT2D eigenvalue weighted by Crippen LogP contribution is 2.34. The summed E-state index contributed by atoms with van der Waals surface area (Å²) < 4.78 is 10.9. The summed E-state index contributed by atoms with van der Waals surface area (Å²) in [6, 6.07) is 10.8. The first-order chi connectivity index (χ1) is 13.1. The lowest BCUT2D eigenvalue weighted by Crippen LogP contribution is -2.31. The summed E-state index contributed by atoms with van der Waals surface area (Å²) in [5, 5.41) is 0.671. The van der Waals surface area contributed by atoms with Crippen LogP contribution in [-0.2, 0) is 17.1 Å². The number of nitrogens with zero attached hydrogens (tertiary/aromatic N) is 1. The molecule has 0 atom stereocenters. The van der Waals surface area contributed by atoms with Crippen LogP contribution in [0.2, 0.25) is 5.02 Å². The summed E-state index contributed by atoms with van der Waals surface area (Å²) in [4.78, 5) is 26.0. The van der Waals surface area contributed by atoms with Crippen molar-refractivity contribution >= 4 is 35.2 Å². The maximum absolute atomic E-state index is 12.3. The number of amides is 2. The third kappa shape index (κ3) is 3.70. The van der Waals surface area contributed by atoms with Crippen LogP contribution in [0.3, 0.4) is 0 Å². The average Bonchev–Trinajstić information content (AvgIpc) is 2.92. The van der Waals surface area contributed by atoms with Crippen molar-refractivity contribution in [2.24, 2.45) is 0 Å². The van der Waals surface area contributed by atoms with Crippen LogP contribution in [-0.4, -0.2) is 35.8 Å². The van der Waals surface area contributed by atoms with Crippen LogP contribution in [0.1, 0.15) is 38.3 Å². The fraction of sp³-hybridized carbons (Fsp3) is 0.300. The van der Waals surface area contributed by atoms with Crippen molar-refractivity contribution < 1.29 is 19.1 Å². The molecule has 0 N–H and O–H groups in total. The van der Waals surface area contributed by atoms with Gasteiger partial charge in [-0.3, -0.25) is 14.5 Å². The van der Waals surface area contributed by atoms with E-state index in [1.54, 1.807) is 36.0 Å². The number of fused-ring (bicyclic) bond motifs is 2. The highest BCUT2D eigenvalue weighted by molar-refractivity contribution is 7.98. The quantitative estimate of drug-likeness (QED) is 0.536. The van der Waals surface area contributed by atoms with Crippen LogP contribution in [0.4, 0.5) is 0 Å². The average molecular weight is 404 g/mol. The molecule has 0 aliphatic carbocycles. The molecule has 2 aliphatic heterocycles. The van der Waals surface area contributed by atoms with Gasteiger partial charge in [0.05, 0.1) is 17.7 Å². The number of ether oxygens (including phenoxy) is 2. The zero-order valence-corrected chi connectivity index (χ0v) is 16.1. The molecule has 0 saturated carbocycles. The van der Waals surface area contributed by atoms with Gasteiger partial charge in [0.15, 0.2) is 6.79 Å². The molecular weight excluding hydrogens is 386 g/mol. The van der Waals surface area contributed by atoms with Gasteiger partial charge >= 0.3 is 0 Å². The zero-order valence-electron chi connectivity index (χ0n) is 14.6. The second kappa shape index (κ2) is 7.92. The van der Waals surface area contributed by atoms with Gasteiger partial charge in [0.25, 0.3) is 11.8 Å². The molecule has 0 radical (unpaired) electrons. The van der Waals surface area contributed by atoms with Gasteiger partial charge in [-0.05, 0) is 36.4 Å². The first-order valence-electron chi connectivity index (χ1n) is 8.70. The summed E-state index contributed by atoms with van der Waals surface area (Å²) in [5.74, 6) is 2.05. The molecule has 2 aromatic carbocycles. The molecule has 7 heteroatoms. The summed E-state index contributed by atoms with van der Waals surface area (Å²) in [6.07, 6.45) is 0.739. The summed E-state index contributed by atoms with van der Waals surface area (Å²) in [7, 11) is 0. The fourth-order valence-corrected chi connectivity index (χ4v) is 4.49. The first kappa shape index (κ1) is 18.3. The smallest absolute Gasteiger partial charge is 0.261 e. The Morgan fingerprint density at radius 2 is 1.85 bits per heavy atom. The topological polar surface area (TPSA) is 55.8 Å². The van der Waals surface area contributed by atoms with Crippen LogP contribution in [0, 0.1) is 0 Å². The van der Waals surface area contributed by atoms with E-state index in [2.05, 4.69) is 0 Å². The van der Waals surface area contributed by atoms with E-state index < -0.39 is 0 Å². The van der Waals surface area contributed by atoms with Crippen molar-refractivity contribution in [2.75, 3.05) is 19.1 Å². The summed E-state index contributed by atoms with van der Waals surface area (Å²) in [5.41, 5.74) is 3.02. The monoisotopic (exact) mass is 403 g/mol. The van der Waals surface area contributed by atoms with Gasteiger partial charge in [0.1, 0.15) is 5.75 Å². The van der Waals surface area contributed by atoms with Crippen LogP contribution in [0.15, 0.2) is 36.4 Å². The maximum atomic E-state index is 12.3. The molecular formula is C20H18ClNO4S. The van der Waals surface area contributed by atoms with Crippen molar-refractivity contribution in [3.8, 4) is 5.75 Å².